The van der Waals surface area contributed by atoms with E-state index in [1.165, 1.54) is 31.3 Å². The molecule has 166 valence electrons. The highest BCUT2D eigenvalue weighted by Gasteiger charge is 2.34. The molecule has 1 aromatic heterocycles. The van der Waals surface area contributed by atoms with E-state index in [1.807, 2.05) is 0 Å². The van der Waals surface area contributed by atoms with Crippen LogP contribution in [-0.2, 0) is 16.4 Å². The summed E-state index contributed by atoms with van der Waals surface area (Å²) in [7, 11) is -2.92. The van der Waals surface area contributed by atoms with Crippen LogP contribution in [0, 0.1) is 5.82 Å². The van der Waals surface area contributed by atoms with E-state index in [9.17, 15) is 26.0 Å². The molecule has 0 unspecified atom stereocenters. The summed E-state index contributed by atoms with van der Waals surface area (Å²) in [6.07, 6.45) is -4.20. The fourth-order valence-electron chi connectivity index (χ4n) is 2.94. The van der Waals surface area contributed by atoms with Crippen LogP contribution in [0.1, 0.15) is 12.1 Å². The number of ether oxygens (including phenoxy) is 1. The number of para-hydroxylation sites is 1. The van der Waals surface area contributed by atoms with Crippen LogP contribution in [0.15, 0.2) is 59.5 Å². The third-order valence-corrected chi connectivity index (χ3v) is 6.33. The van der Waals surface area contributed by atoms with Gasteiger partial charge in [0, 0.05) is 24.8 Å². The fraction of sp³-hybridized carbons (Fsp3) is 0.250. The molecule has 0 radical (unpaired) electrons. The highest BCUT2D eigenvalue weighted by Crippen LogP contribution is 2.31. The highest BCUT2D eigenvalue weighted by atomic mass is 32.2. The van der Waals surface area contributed by atoms with Gasteiger partial charge in [0.05, 0.1) is 5.69 Å². The lowest BCUT2D eigenvalue weighted by Crippen LogP contribution is -2.29. The predicted molar refractivity (Wildman–Crippen MR) is 105 cm³/mol. The van der Waals surface area contributed by atoms with Crippen molar-refractivity contribution in [3.05, 3.63) is 66.1 Å². The summed E-state index contributed by atoms with van der Waals surface area (Å²) in [5, 5.41) is 6.94. The number of nitrogens with one attached hydrogen (secondary N) is 1. The molecule has 1 N–H and O–H groups in total. The molecule has 0 saturated heterocycles. The third kappa shape index (κ3) is 5.82. The van der Waals surface area contributed by atoms with E-state index in [1.54, 1.807) is 18.2 Å². The van der Waals surface area contributed by atoms with Crippen LogP contribution in [0.5, 0.6) is 5.75 Å². The Hall–Kier alpha value is -2.92. The SMILES string of the molecule is CN(CCCc1cc(-c2cccc(F)c2)n[nH]1)S(=O)(=O)c1ccccc1OC(F)(F)F. The Kier molecular flexibility index (Phi) is 6.65. The fourth-order valence-corrected chi connectivity index (χ4v) is 4.26. The average Bonchev–Trinajstić information content (AvgIpc) is 3.16. The number of hydrogen-bond donors (Lipinski definition) is 1. The minimum absolute atomic E-state index is 0.0526. The number of aromatic nitrogens is 2. The van der Waals surface area contributed by atoms with Crippen molar-refractivity contribution >= 4 is 10.0 Å². The van der Waals surface area contributed by atoms with Crippen molar-refractivity contribution < 1.29 is 30.7 Å². The maximum Gasteiger partial charge on any atom is 0.573 e. The number of H-pyrrole nitrogens is 1. The van der Waals surface area contributed by atoms with Gasteiger partial charge in [-0.1, -0.05) is 24.3 Å². The van der Waals surface area contributed by atoms with Gasteiger partial charge in [-0.05, 0) is 43.2 Å². The first-order chi connectivity index (χ1) is 14.6. The quantitative estimate of drug-likeness (QED) is 0.510. The van der Waals surface area contributed by atoms with Gasteiger partial charge in [-0.25, -0.2) is 17.1 Å². The van der Waals surface area contributed by atoms with Crippen LogP contribution in [0.2, 0.25) is 0 Å². The lowest BCUT2D eigenvalue weighted by molar-refractivity contribution is -0.275. The lowest BCUT2D eigenvalue weighted by Gasteiger charge is -2.19. The number of rotatable bonds is 8. The summed E-state index contributed by atoms with van der Waals surface area (Å²) >= 11 is 0. The van der Waals surface area contributed by atoms with E-state index in [0.29, 0.717) is 29.8 Å². The number of aromatic amines is 1. The normalized spacial score (nSPS) is 12.3. The monoisotopic (exact) mass is 457 g/mol. The minimum atomic E-state index is -5.01. The molecule has 1 heterocycles. The summed E-state index contributed by atoms with van der Waals surface area (Å²) < 4.78 is 81.4. The largest absolute Gasteiger partial charge is 0.573 e. The molecule has 0 spiro atoms. The first kappa shape index (κ1) is 22.8. The number of alkyl halides is 3. The second-order valence-corrected chi connectivity index (χ2v) is 8.73. The highest BCUT2D eigenvalue weighted by molar-refractivity contribution is 7.89. The van der Waals surface area contributed by atoms with Crippen LogP contribution in [0.4, 0.5) is 17.6 Å². The summed E-state index contributed by atoms with van der Waals surface area (Å²) in [5.74, 6) is -1.17. The molecule has 0 bridgehead atoms. The van der Waals surface area contributed by atoms with Gasteiger partial charge in [0.2, 0.25) is 10.0 Å². The Labute approximate surface area is 176 Å². The van der Waals surface area contributed by atoms with E-state index < -0.39 is 27.0 Å². The Morgan fingerprint density at radius 1 is 1.10 bits per heavy atom. The number of aryl methyl sites for hydroxylation is 1. The second-order valence-electron chi connectivity index (χ2n) is 6.71. The standard InChI is InChI=1S/C20H19F4N3O3S/c1-27(31(28,29)19-10-3-2-9-18(19)30-20(22,23)24)11-5-8-16-13-17(26-25-16)14-6-4-7-15(21)12-14/h2-4,6-7,9-10,12-13H,5,8,11H2,1H3,(H,25,26). The van der Waals surface area contributed by atoms with Gasteiger partial charge >= 0.3 is 6.36 Å². The molecule has 0 amide bonds. The van der Waals surface area contributed by atoms with Crippen molar-refractivity contribution in [2.45, 2.75) is 24.1 Å². The average molecular weight is 457 g/mol. The van der Waals surface area contributed by atoms with Gasteiger partial charge in [0.15, 0.2) is 0 Å². The Morgan fingerprint density at radius 2 is 1.84 bits per heavy atom. The van der Waals surface area contributed by atoms with Crippen molar-refractivity contribution in [2.24, 2.45) is 0 Å². The van der Waals surface area contributed by atoms with Gasteiger partial charge in [0.25, 0.3) is 0 Å². The van der Waals surface area contributed by atoms with E-state index >= 15 is 0 Å². The molecule has 3 rings (SSSR count). The van der Waals surface area contributed by atoms with Crippen molar-refractivity contribution in [1.82, 2.24) is 14.5 Å². The van der Waals surface area contributed by atoms with Crippen molar-refractivity contribution in [3.63, 3.8) is 0 Å². The number of halogens is 4. The van der Waals surface area contributed by atoms with Gasteiger partial charge in [-0.3, -0.25) is 5.10 Å². The summed E-state index contributed by atoms with van der Waals surface area (Å²) in [4.78, 5) is -0.565. The van der Waals surface area contributed by atoms with E-state index in [0.717, 1.165) is 16.4 Å². The maximum atomic E-state index is 13.4. The Morgan fingerprint density at radius 3 is 2.55 bits per heavy atom. The van der Waals surface area contributed by atoms with Gasteiger partial charge in [0.1, 0.15) is 16.5 Å². The van der Waals surface area contributed by atoms with Gasteiger partial charge in [-0.15, -0.1) is 13.2 Å². The number of hydrogen-bond acceptors (Lipinski definition) is 4. The number of nitrogens with zero attached hydrogens (tertiary/aromatic N) is 2. The zero-order valence-corrected chi connectivity index (χ0v) is 17.2. The third-order valence-electron chi connectivity index (χ3n) is 4.43. The second kappa shape index (κ2) is 9.06. The zero-order valence-electron chi connectivity index (χ0n) is 16.4. The molecular weight excluding hydrogens is 438 g/mol. The topological polar surface area (TPSA) is 75.3 Å². The first-order valence-electron chi connectivity index (χ1n) is 9.17. The summed E-state index contributed by atoms with van der Waals surface area (Å²) in [5.41, 5.74) is 1.86. The molecule has 6 nitrogen and oxygen atoms in total. The minimum Gasteiger partial charge on any atom is -0.404 e. The van der Waals surface area contributed by atoms with E-state index in [-0.39, 0.29) is 12.4 Å². The molecule has 2 aromatic carbocycles. The molecule has 0 aliphatic heterocycles. The number of sulfonamides is 1. The molecule has 0 saturated carbocycles. The molecular formula is C20H19F4N3O3S. The van der Waals surface area contributed by atoms with Crippen molar-refractivity contribution in [1.29, 1.82) is 0 Å². The van der Waals surface area contributed by atoms with Crippen molar-refractivity contribution in [2.75, 3.05) is 13.6 Å². The van der Waals surface area contributed by atoms with E-state index in [4.69, 9.17) is 0 Å². The molecule has 3 aromatic rings. The molecule has 0 aliphatic carbocycles. The van der Waals surface area contributed by atoms with Crippen LogP contribution in [0.25, 0.3) is 11.3 Å². The predicted octanol–water partition coefficient (Wildman–Crippen LogP) is 4.37. The smallest absolute Gasteiger partial charge is 0.404 e. The van der Waals surface area contributed by atoms with Crippen LogP contribution in [0.3, 0.4) is 0 Å². The summed E-state index contributed by atoms with van der Waals surface area (Å²) in [6, 6.07) is 12.3. The van der Waals surface area contributed by atoms with Crippen molar-refractivity contribution in [3.8, 4) is 17.0 Å². The van der Waals surface area contributed by atoms with Crippen LogP contribution in [-0.4, -0.2) is 42.9 Å². The summed E-state index contributed by atoms with van der Waals surface area (Å²) in [6.45, 7) is 0.0526. The lowest BCUT2D eigenvalue weighted by atomic mass is 10.1. The van der Waals surface area contributed by atoms with Gasteiger partial charge in [-0.2, -0.15) is 5.10 Å². The first-order valence-corrected chi connectivity index (χ1v) is 10.6. The van der Waals surface area contributed by atoms with Crippen LogP contribution >= 0.6 is 0 Å². The molecule has 0 fully saturated rings. The Balaban J connectivity index is 1.64. The maximum absolute atomic E-state index is 13.4. The molecule has 0 atom stereocenters. The Bertz CT molecular complexity index is 1150. The zero-order chi connectivity index (χ0) is 22.6. The van der Waals surface area contributed by atoms with Gasteiger partial charge < -0.3 is 4.74 Å². The van der Waals surface area contributed by atoms with Crippen LogP contribution < -0.4 is 4.74 Å². The molecule has 11 heteroatoms. The number of benzene rings is 2. The van der Waals surface area contributed by atoms with E-state index in [2.05, 4.69) is 14.9 Å². The molecule has 0 aliphatic rings. The molecule has 31 heavy (non-hydrogen) atoms.